The second-order valence-corrected chi connectivity index (χ2v) is 3.68. The first-order valence-electron chi connectivity index (χ1n) is 3.94. The molecule has 0 aliphatic heterocycles. The molecule has 0 spiro atoms. The molecule has 0 fully saturated rings. The van der Waals surface area contributed by atoms with Gasteiger partial charge in [-0.3, -0.25) is 0 Å². The van der Waals surface area contributed by atoms with Crippen LogP contribution in [0.4, 0.5) is 4.39 Å². The highest BCUT2D eigenvalue weighted by Crippen LogP contribution is 2.10. The van der Waals surface area contributed by atoms with E-state index in [-0.39, 0.29) is 12.6 Å². The molecule has 0 saturated heterocycles. The molecule has 11 heavy (non-hydrogen) atoms. The molecule has 0 aliphatic carbocycles. The molecule has 0 amide bonds. The summed E-state index contributed by atoms with van der Waals surface area (Å²) in [5, 5.41) is 12.1. The van der Waals surface area contributed by atoms with Gasteiger partial charge in [0.25, 0.3) is 0 Å². The second kappa shape index (κ2) is 4.02. The number of halogens is 1. The molecular weight excluding hydrogens is 145 g/mol. The Balaban J connectivity index is 3.61. The number of hydrogen-bond donors (Lipinski definition) is 2. The molecular formula is C8H18FNO. The number of rotatable bonds is 4. The summed E-state index contributed by atoms with van der Waals surface area (Å²) in [5.74, 6) is 0. The molecule has 0 saturated carbocycles. The minimum absolute atomic E-state index is 0.209. The van der Waals surface area contributed by atoms with Crippen molar-refractivity contribution in [1.82, 2.24) is 5.32 Å². The zero-order chi connectivity index (χ0) is 9.07. The Kier molecular flexibility index (Phi) is 3.97. The van der Waals surface area contributed by atoms with Crippen molar-refractivity contribution in [2.45, 2.75) is 45.5 Å². The first-order chi connectivity index (χ1) is 4.84. The van der Waals surface area contributed by atoms with Gasteiger partial charge in [0.1, 0.15) is 6.17 Å². The molecule has 0 unspecified atom stereocenters. The van der Waals surface area contributed by atoms with Crippen molar-refractivity contribution < 1.29 is 9.50 Å². The van der Waals surface area contributed by atoms with Crippen molar-refractivity contribution in [2.75, 3.05) is 6.54 Å². The van der Waals surface area contributed by atoms with Gasteiger partial charge >= 0.3 is 0 Å². The maximum Gasteiger partial charge on any atom is 0.140 e. The lowest BCUT2D eigenvalue weighted by Crippen LogP contribution is -2.42. The first-order valence-corrected chi connectivity index (χ1v) is 3.94. The van der Waals surface area contributed by atoms with Crippen LogP contribution in [-0.4, -0.2) is 29.5 Å². The van der Waals surface area contributed by atoms with E-state index in [1.165, 1.54) is 13.8 Å². The van der Waals surface area contributed by atoms with Gasteiger partial charge in [0.05, 0.1) is 5.60 Å². The normalized spacial score (nSPS) is 15.5. The molecule has 3 heteroatoms. The Labute approximate surface area is 67.8 Å². The molecule has 1 atom stereocenters. The lowest BCUT2D eigenvalue weighted by atomic mass is 10.0. The van der Waals surface area contributed by atoms with Gasteiger partial charge < -0.3 is 10.4 Å². The highest BCUT2D eigenvalue weighted by atomic mass is 19.1. The third-order valence-corrected chi connectivity index (χ3v) is 1.47. The van der Waals surface area contributed by atoms with Gasteiger partial charge in [0.2, 0.25) is 0 Å². The largest absolute Gasteiger partial charge is 0.387 e. The average Bonchev–Trinajstić information content (AvgIpc) is 1.80. The Morgan fingerprint density at radius 3 is 2.18 bits per heavy atom. The maximum atomic E-state index is 13.0. The Bertz CT molecular complexity index is 109. The predicted octanol–water partition coefficient (Wildman–Crippen LogP) is 1.09. The Morgan fingerprint density at radius 1 is 1.45 bits per heavy atom. The van der Waals surface area contributed by atoms with Crippen LogP contribution in [-0.2, 0) is 0 Å². The van der Waals surface area contributed by atoms with Crippen LogP contribution in [0, 0.1) is 0 Å². The molecule has 2 nitrogen and oxygen atoms in total. The SMILES string of the molecule is CC(C)NC[C@@H](F)C(C)(C)O. The molecule has 0 heterocycles. The Hall–Kier alpha value is -0.150. The summed E-state index contributed by atoms with van der Waals surface area (Å²) in [4.78, 5) is 0. The van der Waals surface area contributed by atoms with Crippen LogP contribution < -0.4 is 5.32 Å². The van der Waals surface area contributed by atoms with Crippen LogP contribution >= 0.6 is 0 Å². The number of hydrogen-bond acceptors (Lipinski definition) is 2. The van der Waals surface area contributed by atoms with Crippen LogP contribution in [0.3, 0.4) is 0 Å². The highest BCUT2D eigenvalue weighted by Gasteiger charge is 2.25. The first kappa shape index (κ1) is 10.8. The summed E-state index contributed by atoms with van der Waals surface area (Å²) in [6, 6.07) is 0.260. The van der Waals surface area contributed by atoms with E-state index >= 15 is 0 Å². The minimum Gasteiger partial charge on any atom is -0.387 e. The summed E-state index contributed by atoms with van der Waals surface area (Å²) < 4.78 is 13.0. The molecule has 0 aromatic rings. The van der Waals surface area contributed by atoms with Gasteiger partial charge in [-0.2, -0.15) is 0 Å². The van der Waals surface area contributed by atoms with E-state index in [9.17, 15) is 9.50 Å². The third-order valence-electron chi connectivity index (χ3n) is 1.47. The zero-order valence-corrected chi connectivity index (χ0v) is 7.69. The van der Waals surface area contributed by atoms with E-state index < -0.39 is 11.8 Å². The van der Waals surface area contributed by atoms with E-state index in [0.29, 0.717) is 0 Å². The van der Waals surface area contributed by atoms with E-state index in [4.69, 9.17) is 0 Å². The fourth-order valence-corrected chi connectivity index (χ4v) is 0.589. The topological polar surface area (TPSA) is 32.3 Å². The van der Waals surface area contributed by atoms with Crippen LogP contribution in [0.2, 0.25) is 0 Å². The highest BCUT2D eigenvalue weighted by molar-refractivity contribution is 4.78. The molecule has 68 valence electrons. The minimum atomic E-state index is -1.23. The van der Waals surface area contributed by atoms with Crippen molar-refractivity contribution in [3.63, 3.8) is 0 Å². The molecule has 0 aromatic heterocycles. The summed E-state index contributed by atoms with van der Waals surface area (Å²) in [6.07, 6.45) is -1.20. The van der Waals surface area contributed by atoms with Crippen LogP contribution in [0.15, 0.2) is 0 Å². The molecule has 0 rings (SSSR count). The van der Waals surface area contributed by atoms with E-state index in [1.807, 2.05) is 13.8 Å². The van der Waals surface area contributed by atoms with E-state index in [2.05, 4.69) is 5.32 Å². The van der Waals surface area contributed by atoms with Gasteiger partial charge in [-0.1, -0.05) is 13.8 Å². The summed E-state index contributed by atoms with van der Waals surface area (Å²) >= 11 is 0. The summed E-state index contributed by atoms with van der Waals surface area (Å²) in [5.41, 5.74) is -1.23. The lowest BCUT2D eigenvalue weighted by Gasteiger charge is -2.23. The number of aliphatic hydroxyl groups is 1. The number of alkyl halides is 1. The smallest absolute Gasteiger partial charge is 0.140 e. The van der Waals surface area contributed by atoms with E-state index in [1.54, 1.807) is 0 Å². The zero-order valence-electron chi connectivity index (χ0n) is 7.69. The fourth-order valence-electron chi connectivity index (χ4n) is 0.589. The second-order valence-electron chi connectivity index (χ2n) is 3.68. The van der Waals surface area contributed by atoms with Crippen LogP contribution in [0.1, 0.15) is 27.7 Å². The fraction of sp³-hybridized carbons (Fsp3) is 1.00. The van der Waals surface area contributed by atoms with E-state index in [0.717, 1.165) is 0 Å². The van der Waals surface area contributed by atoms with Gasteiger partial charge in [-0.25, -0.2) is 4.39 Å². The molecule has 0 radical (unpaired) electrons. The molecule has 0 bridgehead atoms. The average molecular weight is 163 g/mol. The maximum absolute atomic E-state index is 13.0. The predicted molar refractivity (Wildman–Crippen MR) is 44.3 cm³/mol. The van der Waals surface area contributed by atoms with Crippen molar-refractivity contribution in [1.29, 1.82) is 0 Å². The van der Waals surface area contributed by atoms with Crippen LogP contribution in [0.5, 0.6) is 0 Å². The van der Waals surface area contributed by atoms with Crippen molar-refractivity contribution in [3.8, 4) is 0 Å². The lowest BCUT2D eigenvalue weighted by molar-refractivity contribution is -0.00292. The monoisotopic (exact) mass is 163 g/mol. The molecule has 2 N–H and O–H groups in total. The van der Waals surface area contributed by atoms with Crippen LogP contribution in [0.25, 0.3) is 0 Å². The van der Waals surface area contributed by atoms with Gasteiger partial charge in [0, 0.05) is 12.6 Å². The van der Waals surface area contributed by atoms with Gasteiger partial charge in [-0.05, 0) is 13.8 Å². The van der Waals surface area contributed by atoms with Crippen molar-refractivity contribution in [3.05, 3.63) is 0 Å². The third kappa shape index (κ3) is 5.16. The van der Waals surface area contributed by atoms with Crippen molar-refractivity contribution >= 4 is 0 Å². The van der Waals surface area contributed by atoms with Gasteiger partial charge in [0.15, 0.2) is 0 Å². The quantitative estimate of drug-likeness (QED) is 0.650. The molecule has 0 aromatic carbocycles. The number of nitrogens with one attached hydrogen (secondary N) is 1. The molecule has 0 aliphatic rings. The summed E-state index contributed by atoms with van der Waals surface area (Å²) in [6.45, 7) is 7.04. The van der Waals surface area contributed by atoms with Gasteiger partial charge in [-0.15, -0.1) is 0 Å². The Morgan fingerprint density at radius 2 is 1.91 bits per heavy atom. The standard InChI is InChI=1S/C8H18FNO/c1-6(2)10-5-7(9)8(3,4)11/h6-7,10-11H,5H2,1-4H3/t7-/m1/s1. The summed E-state index contributed by atoms with van der Waals surface area (Å²) in [7, 11) is 0. The van der Waals surface area contributed by atoms with Crippen molar-refractivity contribution in [2.24, 2.45) is 0 Å².